The number of hydrogen-bond acceptors (Lipinski definition) is 4. The van der Waals surface area contributed by atoms with Gasteiger partial charge in [0.25, 0.3) is 0 Å². The maximum Gasteiger partial charge on any atom is 0.336 e. The molecule has 25 heavy (non-hydrogen) atoms. The number of aryl methyl sites for hydroxylation is 1. The first-order valence-electron chi connectivity index (χ1n) is 7.68. The number of amides is 1. The van der Waals surface area contributed by atoms with Gasteiger partial charge in [-0.05, 0) is 30.2 Å². The van der Waals surface area contributed by atoms with E-state index in [9.17, 15) is 9.59 Å². The smallest absolute Gasteiger partial charge is 0.336 e. The van der Waals surface area contributed by atoms with Gasteiger partial charge in [-0.25, -0.2) is 4.79 Å². The monoisotopic (exact) mass is 358 g/mol. The van der Waals surface area contributed by atoms with E-state index >= 15 is 0 Å². The highest BCUT2D eigenvalue weighted by Gasteiger charge is 2.12. The van der Waals surface area contributed by atoms with E-state index in [2.05, 4.69) is 5.32 Å². The lowest BCUT2D eigenvalue weighted by molar-refractivity contribution is -0.116. The van der Waals surface area contributed by atoms with Crippen LogP contribution in [0.4, 0.5) is 5.69 Å². The summed E-state index contributed by atoms with van der Waals surface area (Å²) < 4.78 is 5.18. The van der Waals surface area contributed by atoms with Crippen LogP contribution in [0.25, 0.3) is 11.0 Å². The summed E-state index contributed by atoms with van der Waals surface area (Å²) in [4.78, 5) is 23.7. The van der Waals surface area contributed by atoms with Gasteiger partial charge in [-0.3, -0.25) is 4.79 Å². The van der Waals surface area contributed by atoms with Crippen molar-refractivity contribution < 1.29 is 9.21 Å². The molecule has 6 heteroatoms. The minimum atomic E-state index is -0.408. The Morgan fingerprint density at radius 3 is 2.60 bits per heavy atom. The molecular formula is C19H19ClN2O3. The Morgan fingerprint density at radius 1 is 1.16 bits per heavy atom. The molecule has 0 spiro atoms. The van der Waals surface area contributed by atoms with Gasteiger partial charge in [0, 0.05) is 35.7 Å². The first kappa shape index (κ1) is 18.7. The van der Waals surface area contributed by atoms with Crippen LogP contribution in [-0.4, -0.2) is 5.91 Å². The minimum Gasteiger partial charge on any atom is -0.423 e. The minimum absolute atomic E-state index is 0. The summed E-state index contributed by atoms with van der Waals surface area (Å²) in [6, 6.07) is 15.8. The zero-order chi connectivity index (χ0) is 17.1. The maximum absolute atomic E-state index is 12.2. The largest absolute Gasteiger partial charge is 0.423 e. The quantitative estimate of drug-likeness (QED) is 0.698. The molecule has 0 aliphatic carbocycles. The van der Waals surface area contributed by atoms with Crippen LogP contribution in [0.5, 0.6) is 0 Å². The molecule has 0 saturated heterocycles. The SMILES string of the molecule is Cc1cc(=O)oc2cc(NC(=O)CC(N)c3ccccc3)ccc12.Cl. The Bertz CT molecular complexity index is 938. The summed E-state index contributed by atoms with van der Waals surface area (Å²) in [5.74, 6) is -0.194. The average Bonchev–Trinajstić information content (AvgIpc) is 2.55. The lowest BCUT2D eigenvalue weighted by Crippen LogP contribution is -2.20. The molecule has 0 saturated carbocycles. The lowest BCUT2D eigenvalue weighted by Gasteiger charge is -2.12. The molecule has 5 nitrogen and oxygen atoms in total. The van der Waals surface area contributed by atoms with Crippen molar-refractivity contribution in [1.29, 1.82) is 0 Å². The normalized spacial score (nSPS) is 11.6. The van der Waals surface area contributed by atoms with Crippen LogP contribution in [-0.2, 0) is 4.79 Å². The molecule has 130 valence electrons. The van der Waals surface area contributed by atoms with Crippen molar-refractivity contribution in [3.05, 3.63) is 76.1 Å². The fourth-order valence-corrected chi connectivity index (χ4v) is 2.63. The molecule has 1 aromatic heterocycles. The number of carbonyl (C=O) groups is 1. The molecule has 1 atom stereocenters. The number of benzene rings is 2. The molecule has 3 rings (SSSR count). The number of rotatable bonds is 4. The number of anilines is 1. The highest BCUT2D eigenvalue weighted by Crippen LogP contribution is 2.21. The van der Waals surface area contributed by atoms with Gasteiger partial charge in [0.05, 0.1) is 0 Å². The first-order chi connectivity index (χ1) is 11.5. The van der Waals surface area contributed by atoms with Crippen LogP contribution >= 0.6 is 12.4 Å². The summed E-state index contributed by atoms with van der Waals surface area (Å²) in [6.07, 6.45) is 0.166. The van der Waals surface area contributed by atoms with E-state index in [1.54, 1.807) is 12.1 Å². The molecule has 1 heterocycles. The van der Waals surface area contributed by atoms with Gasteiger partial charge in [0.15, 0.2) is 0 Å². The molecule has 2 aromatic carbocycles. The first-order valence-corrected chi connectivity index (χ1v) is 7.68. The number of carbonyl (C=O) groups excluding carboxylic acids is 1. The maximum atomic E-state index is 12.2. The molecule has 3 N–H and O–H groups in total. The van der Waals surface area contributed by atoms with Crippen molar-refractivity contribution >= 4 is 35.0 Å². The number of halogens is 1. The van der Waals surface area contributed by atoms with Crippen molar-refractivity contribution in [2.45, 2.75) is 19.4 Å². The number of hydrogen-bond donors (Lipinski definition) is 2. The third-order valence-corrected chi connectivity index (χ3v) is 3.87. The second-order valence-corrected chi connectivity index (χ2v) is 5.73. The van der Waals surface area contributed by atoms with E-state index < -0.39 is 5.63 Å². The highest BCUT2D eigenvalue weighted by atomic mass is 35.5. The summed E-state index contributed by atoms with van der Waals surface area (Å²) in [5, 5.41) is 3.63. The molecular weight excluding hydrogens is 340 g/mol. The topological polar surface area (TPSA) is 85.3 Å². The molecule has 0 radical (unpaired) electrons. The van der Waals surface area contributed by atoms with Gasteiger partial charge in [0.2, 0.25) is 5.91 Å². The zero-order valence-corrected chi connectivity index (χ0v) is 14.5. The van der Waals surface area contributed by atoms with Crippen LogP contribution in [0.3, 0.4) is 0 Å². The van der Waals surface area contributed by atoms with Gasteiger partial charge < -0.3 is 15.5 Å². The van der Waals surface area contributed by atoms with Crippen LogP contribution in [0.2, 0.25) is 0 Å². The Balaban J connectivity index is 0.00000225. The van der Waals surface area contributed by atoms with E-state index in [1.807, 2.05) is 43.3 Å². The van der Waals surface area contributed by atoms with E-state index in [4.69, 9.17) is 10.2 Å². The van der Waals surface area contributed by atoms with Crippen LogP contribution in [0.1, 0.15) is 23.6 Å². The molecule has 1 amide bonds. The van der Waals surface area contributed by atoms with E-state index in [0.717, 1.165) is 16.5 Å². The van der Waals surface area contributed by atoms with Crippen molar-refractivity contribution in [2.24, 2.45) is 5.73 Å². The van der Waals surface area contributed by atoms with Gasteiger partial charge in [-0.15, -0.1) is 12.4 Å². The Hall–Kier alpha value is -2.63. The Labute approximate surface area is 151 Å². The third kappa shape index (κ3) is 4.47. The molecule has 3 aromatic rings. The highest BCUT2D eigenvalue weighted by molar-refractivity contribution is 5.94. The predicted octanol–water partition coefficient (Wildman–Crippen LogP) is 3.55. The zero-order valence-electron chi connectivity index (χ0n) is 13.7. The van der Waals surface area contributed by atoms with Crippen molar-refractivity contribution in [3.8, 4) is 0 Å². The third-order valence-electron chi connectivity index (χ3n) is 3.87. The number of nitrogens with two attached hydrogens (primary N) is 1. The summed E-state index contributed by atoms with van der Waals surface area (Å²) in [5.41, 5.74) is 8.42. The summed E-state index contributed by atoms with van der Waals surface area (Å²) >= 11 is 0. The lowest BCUT2D eigenvalue weighted by atomic mass is 10.0. The standard InChI is InChI=1S/C19H18N2O3.ClH/c1-12-9-19(23)24-17-10-14(7-8-15(12)17)21-18(22)11-16(20)13-5-3-2-4-6-13;/h2-10,16H,11,20H2,1H3,(H,21,22);1H. The Kier molecular flexibility index (Phi) is 5.96. The van der Waals surface area contributed by atoms with Crippen molar-refractivity contribution in [1.82, 2.24) is 0 Å². The van der Waals surface area contributed by atoms with Crippen LogP contribution in [0.15, 0.2) is 63.8 Å². The van der Waals surface area contributed by atoms with Crippen LogP contribution in [0, 0.1) is 6.92 Å². The summed E-state index contributed by atoms with van der Waals surface area (Å²) in [6.45, 7) is 1.84. The van der Waals surface area contributed by atoms with Crippen molar-refractivity contribution in [3.63, 3.8) is 0 Å². The van der Waals surface area contributed by atoms with E-state index in [1.165, 1.54) is 6.07 Å². The van der Waals surface area contributed by atoms with Crippen molar-refractivity contribution in [2.75, 3.05) is 5.32 Å². The summed E-state index contributed by atoms with van der Waals surface area (Å²) in [7, 11) is 0. The van der Waals surface area contributed by atoms with Gasteiger partial charge in [-0.1, -0.05) is 30.3 Å². The van der Waals surface area contributed by atoms with E-state index in [0.29, 0.717) is 11.3 Å². The molecule has 0 aliphatic rings. The molecule has 0 bridgehead atoms. The number of fused-ring (bicyclic) bond motifs is 1. The molecule has 1 unspecified atom stereocenters. The second-order valence-electron chi connectivity index (χ2n) is 5.73. The van der Waals surface area contributed by atoms with Crippen LogP contribution < -0.4 is 16.7 Å². The second kappa shape index (κ2) is 7.96. The molecule has 0 aliphatic heterocycles. The fraction of sp³-hybridized carbons (Fsp3) is 0.158. The van der Waals surface area contributed by atoms with E-state index in [-0.39, 0.29) is 30.8 Å². The predicted molar refractivity (Wildman–Crippen MR) is 101 cm³/mol. The molecule has 0 fully saturated rings. The fourth-order valence-electron chi connectivity index (χ4n) is 2.63. The van der Waals surface area contributed by atoms with Gasteiger partial charge in [-0.2, -0.15) is 0 Å². The average molecular weight is 359 g/mol. The van der Waals surface area contributed by atoms with Gasteiger partial charge in [0.1, 0.15) is 5.58 Å². The number of nitrogens with one attached hydrogen (secondary N) is 1. The Morgan fingerprint density at radius 2 is 1.88 bits per heavy atom. The van der Waals surface area contributed by atoms with Gasteiger partial charge >= 0.3 is 5.63 Å².